The molecular weight excluding hydrogens is 246 g/mol. The predicted molar refractivity (Wildman–Crippen MR) is 58.6 cm³/mol. The van der Waals surface area contributed by atoms with Gasteiger partial charge in [0.2, 0.25) is 5.91 Å². The molecule has 0 aromatic heterocycles. The molecule has 1 aromatic rings. The maximum Gasteiger partial charge on any atom is 0.230 e. The normalized spacial score (nSPS) is 9.57. The highest BCUT2D eigenvalue weighted by Gasteiger charge is 2.02. The Labute approximate surface area is 91.6 Å². The number of hydrogen-bond acceptors (Lipinski definition) is 2. The number of rotatable bonds is 4. The molecular formula is C10H12BrNO2. The zero-order chi connectivity index (χ0) is 10.4. The minimum absolute atomic E-state index is 0.0316. The Morgan fingerprint density at radius 3 is 2.86 bits per heavy atom. The molecule has 1 amide bonds. The summed E-state index contributed by atoms with van der Waals surface area (Å²) >= 11 is 3.08. The van der Waals surface area contributed by atoms with Crippen LogP contribution in [0.1, 0.15) is 5.56 Å². The third-order valence-electron chi connectivity index (χ3n) is 1.79. The minimum atomic E-state index is -0.0316. The SMILES string of the molecule is COc1ccccc1CNC(=O)CBr. The van der Waals surface area contributed by atoms with Crippen molar-refractivity contribution >= 4 is 21.8 Å². The van der Waals surface area contributed by atoms with Crippen LogP contribution in [-0.2, 0) is 11.3 Å². The zero-order valence-electron chi connectivity index (χ0n) is 7.92. The standard InChI is InChI=1S/C10H12BrNO2/c1-14-9-5-3-2-4-8(9)7-12-10(13)6-11/h2-5H,6-7H2,1H3,(H,12,13). The largest absolute Gasteiger partial charge is 0.496 e. The minimum Gasteiger partial charge on any atom is -0.496 e. The molecule has 3 nitrogen and oxygen atoms in total. The molecule has 0 fully saturated rings. The van der Waals surface area contributed by atoms with E-state index in [9.17, 15) is 4.79 Å². The first kappa shape index (κ1) is 11.0. The highest BCUT2D eigenvalue weighted by Crippen LogP contribution is 2.16. The lowest BCUT2D eigenvalue weighted by atomic mass is 10.2. The van der Waals surface area contributed by atoms with Gasteiger partial charge in [0.1, 0.15) is 5.75 Å². The van der Waals surface area contributed by atoms with Crippen LogP contribution in [0.15, 0.2) is 24.3 Å². The third kappa shape index (κ3) is 3.03. The number of carbonyl (C=O) groups is 1. The van der Waals surface area contributed by atoms with Gasteiger partial charge in [0.05, 0.1) is 12.4 Å². The molecule has 0 aliphatic heterocycles. The smallest absolute Gasteiger partial charge is 0.230 e. The van der Waals surface area contributed by atoms with Crippen LogP contribution in [0, 0.1) is 0 Å². The average molecular weight is 258 g/mol. The molecule has 0 aliphatic carbocycles. The molecule has 0 bridgehead atoms. The summed E-state index contributed by atoms with van der Waals surface area (Å²) in [6, 6.07) is 7.61. The maximum atomic E-state index is 11.0. The summed E-state index contributed by atoms with van der Waals surface area (Å²) in [5, 5.41) is 3.08. The topological polar surface area (TPSA) is 38.3 Å². The summed E-state index contributed by atoms with van der Waals surface area (Å²) in [7, 11) is 1.62. The molecule has 0 atom stereocenters. The summed E-state index contributed by atoms with van der Waals surface area (Å²) in [4.78, 5) is 11.0. The maximum absolute atomic E-state index is 11.0. The summed E-state index contributed by atoms with van der Waals surface area (Å²) < 4.78 is 5.15. The average Bonchev–Trinajstić information content (AvgIpc) is 2.26. The van der Waals surface area contributed by atoms with Gasteiger partial charge in [-0.05, 0) is 6.07 Å². The zero-order valence-corrected chi connectivity index (χ0v) is 9.50. The Morgan fingerprint density at radius 1 is 1.50 bits per heavy atom. The van der Waals surface area contributed by atoms with Crippen molar-refractivity contribution in [1.29, 1.82) is 0 Å². The number of para-hydroxylation sites is 1. The van der Waals surface area contributed by atoms with Crippen LogP contribution in [0.4, 0.5) is 0 Å². The Morgan fingerprint density at radius 2 is 2.21 bits per heavy atom. The highest BCUT2D eigenvalue weighted by atomic mass is 79.9. The van der Waals surface area contributed by atoms with Crippen molar-refractivity contribution in [3.05, 3.63) is 29.8 Å². The molecule has 0 saturated carbocycles. The molecule has 4 heteroatoms. The van der Waals surface area contributed by atoms with Crippen LogP contribution in [0.3, 0.4) is 0 Å². The molecule has 0 spiro atoms. The summed E-state index contributed by atoms with van der Waals surface area (Å²) in [6.07, 6.45) is 0. The summed E-state index contributed by atoms with van der Waals surface area (Å²) in [5.41, 5.74) is 0.976. The molecule has 76 valence electrons. The van der Waals surface area contributed by atoms with Gasteiger partial charge < -0.3 is 10.1 Å². The first-order chi connectivity index (χ1) is 6.77. The number of alkyl halides is 1. The van der Waals surface area contributed by atoms with Gasteiger partial charge in [-0.1, -0.05) is 34.1 Å². The van der Waals surface area contributed by atoms with Gasteiger partial charge in [-0.15, -0.1) is 0 Å². The van der Waals surface area contributed by atoms with Crippen molar-refractivity contribution in [2.24, 2.45) is 0 Å². The van der Waals surface area contributed by atoms with E-state index in [1.807, 2.05) is 24.3 Å². The second-order valence-corrected chi connectivity index (χ2v) is 3.28. The molecule has 1 rings (SSSR count). The van der Waals surface area contributed by atoms with E-state index >= 15 is 0 Å². The van der Waals surface area contributed by atoms with Crippen molar-refractivity contribution < 1.29 is 9.53 Å². The van der Waals surface area contributed by atoms with E-state index in [1.165, 1.54) is 0 Å². The van der Waals surface area contributed by atoms with E-state index in [4.69, 9.17) is 4.74 Å². The Balaban J connectivity index is 2.61. The molecule has 1 aromatic carbocycles. The van der Waals surface area contributed by atoms with Gasteiger partial charge >= 0.3 is 0 Å². The number of benzene rings is 1. The van der Waals surface area contributed by atoms with Crippen LogP contribution in [0.25, 0.3) is 0 Å². The van der Waals surface area contributed by atoms with E-state index in [2.05, 4.69) is 21.2 Å². The van der Waals surface area contributed by atoms with Gasteiger partial charge in [0.15, 0.2) is 0 Å². The first-order valence-electron chi connectivity index (χ1n) is 4.22. The molecule has 0 saturated heterocycles. The van der Waals surface area contributed by atoms with Gasteiger partial charge in [-0.2, -0.15) is 0 Å². The van der Waals surface area contributed by atoms with E-state index in [-0.39, 0.29) is 5.91 Å². The van der Waals surface area contributed by atoms with Crippen LogP contribution < -0.4 is 10.1 Å². The number of hydrogen-bond donors (Lipinski definition) is 1. The second kappa shape index (κ2) is 5.65. The molecule has 0 heterocycles. The Bertz CT molecular complexity index is 315. The number of carbonyl (C=O) groups excluding carboxylic acids is 1. The van der Waals surface area contributed by atoms with Gasteiger partial charge in [-0.25, -0.2) is 0 Å². The molecule has 0 unspecified atom stereocenters. The fraction of sp³-hybridized carbons (Fsp3) is 0.300. The first-order valence-corrected chi connectivity index (χ1v) is 5.34. The van der Waals surface area contributed by atoms with Crippen molar-refractivity contribution in [3.8, 4) is 5.75 Å². The van der Waals surface area contributed by atoms with E-state index in [0.717, 1.165) is 11.3 Å². The van der Waals surface area contributed by atoms with Crippen molar-refractivity contribution in [1.82, 2.24) is 5.32 Å². The molecule has 0 aliphatic rings. The highest BCUT2D eigenvalue weighted by molar-refractivity contribution is 9.09. The van der Waals surface area contributed by atoms with Crippen molar-refractivity contribution in [2.45, 2.75) is 6.54 Å². The van der Waals surface area contributed by atoms with Crippen LogP contribution in [0.2, 0.25) is 0 Å². The third-order valence-corrected chi connectivity index (χ3v) is 2.30. The predicted octanol–water partition coefficient (Wildman–Crippen LogP) is 1.71. The molecule has 0 radical (unpaired) electrons. The van der Waals surface area contributed by atoms with Crippen LogP contribution in [-0.4, -0.2) is 18.3 Å². The quantitative estimate of drug-likeness (QED) is 0.835. The Kier molecular flexibility index (Phi) is 4.46. The number of halogens is 1. The van der Waals surface area contributed by atoms with E-state index < -0.39 is 0 Å². The lowest BCUT2D eigenvalue weighted by molar-refractivity contribution is -0.118. The van der Waals surface area contributed by atoms with Crippen molar-refractivity contribution in [2.75, 3.05) is 12.4 Å². The van der Waals surface area contributed by atoms with E-state index in [0.29, 0.717) is 11.9 Å². The monoisotopic (exact) mass is 257 g/mol. The van der Waals surface area contributed by atoms with Gasteiger partial charge in [0.25, 0.3) is 0 Å². The number of nitrogens with one attached hydrogen (secondary N) is 1. The summed E-state index contributed by atoms with van der Waals surface area (Å²) in [5.74, 6) is 0.762. The number of amides is 1. The summed E-state index contributed by atoms with van der Waals surface area (Å²) in [6.45, 7) is 0.494. The molecule has 1 N–H and O–H groups in total. The van der Waals surface area contributed by atoms with E-state index in [1.54, 1.807) is 7.11 Å². The van der Waals surface area contributed by atoms with Crippen LogP contribution >= 0.6 is 15.9 Å². The lowest BCUT2D eigenvalue weighted by Crippen LogP contribution is -2.23. The molecule has 14 heavy (non-hydrogen) atoms. The fourth-order valence-electron chi connectivity index (χ4n) is 1.09. The van der Waals surface area contributed by atoms with Gasteiger partial charge in [-0.3, -0.25) is 4.79 Å². The number of ether oxygens (including phenoxy) is 1. The van der Waals surface area contributed by atoms with Crippen molar-refractivity contribution in [3.63, 3.8) is 0 Å². The fourth-order valence-corrected chi connectivity index (χ4v) is 1.29. The lowest BCUT2D eigenvalue weighted by Gasteiger charge is -2.08. The number of methoxy groups -OCH3 is 1. The second-order valence-electron chi connectivity index (χ2n) is 2.72. The Hall–Kier alpha value is -1.03. The van der Waals surface area contributed by atoms with Gasteiger partial charge in [0, 0.05) is 12.1 Å². The van der Waals surface area contributed by atoms with Crippen LogP contribution in [0.5, 0.6) is 5.75 Å².